The number of carbonyl (C=O) groups is 1. The van der Waals surface area contributed by atoms with Gasteiger partial charge < -0.3 is 5.11 Å². The van der Waals surface area contributed by atoms with Gasteiger partial charge in [0.2, 0.25) is 0 Å². The minimum atomic E-state index is -0.918. The number of aryl methyl sites for hydroxylation is 1. The largest absolute Gasteiger partial charge is 0.478 e. The van der Waals surface area contributed by atoms with Crippen LogP contribution in [0.5, 0.6) is 0 Å². The van der Waals surface area contributed by atoms with E-state index in [4.69, 9.17) is 5.11 Å². The summed E-state index contributed by atoms with van der Waals surface area (Å²) in [5.74, 6) is -0.918. The molecule has 102 valence electrons. The second-order valence-corrected chi connectivity index (χ2v) is 5.55. The van der Waals surface area contributed by atoms with Gasteiger partial charge in [0.05, 0.1) is 0 Å². The molecule has 0 amide bonds. The van der Waals surface area contributed by atoms with Crippen LogP contribution in [0.3, 0.4) is 0 Å². The van der Waals surface area contributed by atoms with Crippen molar-refractivity contribution < 1.29 is 9.90 Å². The number of carboxylic acid groups (broad SMARTS) is 1. The highest BCUT2D eigenvalue weighted by Gasteiger charge is 2.07. The summed E-state index contributed by atoms with van der Waals surface area (Å²) in [6.07, 6.45) is 1.17. The van der Waals surface area contributed by atoms with Gasteiger partial charge >= 0.3 is 5.97 Å². The van der Waals surface area contributed by atoms with E-state index in [1.807, 2.05) is 36.4 Å². The Bertz CT molecular complexity index is 605. The van der Waals surface area contributed by atoms with Crippen LogP contribution in [0, 0.1) is 0 Å². The fraction of sp³-hybridized carbons (Fsp3) is 0.118. The van der Waals surface area contributed by atoms with Crippen LogP contribution in [-0.2, 0) is 11.2 Å². The maximum absolute atomic E-state index is 10.8. The highest BCUT2D eigenvalue weighted by Crippen LogP contribution is 2.31. The molecule has 0 spiro atoms. The smallest absolute Gasteiger partial charge is 0.330 e. The molecule has 2 aromatic rings. The first-order valence-corrected chi connectivity index (χ1v) is 7.20. The molecule has 0 radical (unpaired) electrons. The topological polar surface area (TPSA) is 37.3 Å². The third kappa shape index (κ3) is 4.00. The normalized spacial score (nSPS) is 10.2. The predicted molar refractivity (Wildman–Crippen MR) is 82.1 cm³/mol. The van der Waals surface area contributed by atoms with E-state index < -0.39 is 5.97 Å². The monoisotopic (exact) mass is 284 g/mol. The van der Waals surface area contributed by atoms with E-state index in [-0.39, 0.29) is 5.57 Å². The number of aliphatic carboxylic acids is 1. The molecular formula is C17H16O2S. The Balaban J connectivity index is 2.10. The zero-order valence-corrected chi connectivity index (χ0v) is 11.9. The highest BCUT2D eigenvalue weighted by atomic mass is 32.2. The Morgan fingerprint density at radius 2 is 1.70 bits per heavy atom. The van der Waals surface area contributed by atoms with E-state index in [1.165, 1.54) is 4.90 Å². The lowest BCUT2D eigenvalue weighted by Gasteiger charge is -2.09. The lowest BCUT2D eigenvalue weighted by molar-refractivity contribution is -0.132. The molecular weight excluding hydrogens is 268 g/mol. The molecule has 0 bridgehead atoms. The lowest BCUT2D eigenvalue weighted by atomic mass is 10.1. The predicted octanol–water partition coefficient (Wildman–Crippen LogP) is 4.41. The van der Waals surface area contributed by atoms with Crippen LogP contribution in [0.2, 0.25) is 0 Å². The van der Waals surface area contributed by atoms with Crippen molar-refractivity contribution >= 4 is 17.7 Å². The summed E-state index contributed by atoms with van der Waals surface area (Å²) in [5, 5.41) is 8.86. The second kappa shape index (κ2) is 6.96. The van der Waals surface area contributed by atoms with Gasteiger partial charge in [-0.25, -0.2) is 4.79 Å². The number of hydrogen-bond acceptors (Lipinski definition) is 2. The van der Waals surface area contributed by atoms with E-state index in [0.29, 0.717) is 12.8 Å². The lowest BCUT2D eigenvalue weighted by Crippen LogP contribution is -2.00. The zero-order chi connectivity index (χ0) is 14.4. The molecule has 0 aromatic heterocycles. The molecule has 0 aliphatic rings. The van der Waals surface area contributed by atoms with Gasteiger partial charge in [0.1, 0.15) is 0 Å². The summed E-state index contributed by atoms with van der Waals surface area (Å²) >= 11 is 1.70. The molecule has 0 atom stereocenters. The van der Waals surface area contributed by atoms with Crippen LogP contribution < -0.4 is 0 Å². The maximum atomic E-state index is 10.8. The molecule has 2 nitrogen and oxygen atoms in total. The standard InChI is InChI=1S/C17H16O2S/c1-13(17(18)19)11-12-14-7-5-6-10-16(14)20-15-8-3-2-4-9-15/h2-10H,1,11-12H2,(H,18,19). The average molecular weight is 284 g/mol. The molecule has 1 N–H and O–H groups in total. The SMILES string of the molecule is C=C(CCc1ccccc1Sc1ccccc1)C(=O)O. The van der Waals surface area contributed by atoms with Crippen molar-refractivity contribution in [2.24, 2.45) is 0 Å². The fourth-order valence-electron chi connectivity index (χ4n) is 1.82. The third-order valence-corrected chi connectivity index (χ3v) is 4.07. The minimum Gasteiger partial charge on any atom is -0.478 e. The number of carboxylic acids is 1. The van der Waals surface area contributed by atoms with Crippen molar-refractivity contribution in [3.63, 3.8) is 0 Å². The Kier molecular flexibility index (Phi) is 5.02. The Morgan fingerprint density at radius 3 is 2.40 bits per heavy atom. The van der Waals surface area contributed by atoms with Gasteiger partial charge in [-0.05, 0) is 36.6 Å². The third-order valence-electron chi connectivity index (χ3n) is 2.94. The van der Waals surface area contributed by atoms with Crippen molar-refractivity contribution in [3.05, 3.63) is 72.3 Å². The van der Waals surface area contributed by atoms with Gasteiger partial charge in [-0.3, -0.25) is 0 Å². The quantitative estimate of drug-likeness (QED) is 0.798. The average Bonchev–Trinajstić information content (AvgIpc) is 2.47. The number of rotatable bonds is 6. The minimum absolute atomic E-state index is 0.254. The Morgan fingerprint density at radius 1 is 1.05 bits per heavy atom. The van der Waals surface area contributed by atoms with E-state index in [9.17, 15) is 4.79 Å². The van der Waals surface area contributed by atoms with Gasteiger partial charge in [-0.15, -0.1) is 0 Å². The number of benzene rings is 2. The maximum Gasteiger partial charge on any atom is 0.330 e. The van der Waals surface area contributed by atoms with Gasteiger partial charge in [0, 0.05) is 15.4 Å². The molecule has 0 saturated heterocycles. The first-order chi connectivity index (χ1) is 9.66. The van der Waals surface area contributed by atoms with Crippen molar-refractivity contribution in [2.75, 3.05) is 0 Å². The van der Waals surface area contributed by atoms with E-state index >= 15 is 0 Å². The molecule has 0 aliphatic heterocycles. The van der Waals surface area contributed by atoms with Crippen molar-refractivity contribution in [1.82, 2.24) is 0 Å². The van der Waals surface area contributed by atoms with Crippen LogP contribution >= 0.6 is 11.8 Å². The molecule has 0 aliphatic carbocycles. The molecule has 0 unspecified atom stereocenters. The first kappa shape index (κ1) is 14.4. The molecule has 0 fully saturated rings. The Labute approximate surface area is 123 Å². The first-order valence-electron chi connectivity index (χ1n) is 6.38. The van der Waals surface area contributed by atoms with Crippen LogP contribution in [0.4, 0.5) is 0 Å². The van der Waals surface area contributed by atoms with Gasteiger partial charge in [0.25, 0.3) is 0 Å². The molecule has 0 saturated carbocycles. The molecule has 20 heavy (non-hydrogen) atoms. The summed E-state index contributed by atoms with van der Waals surface area (Å²) < 4.78 is 0. The van der Waals surface area contributed by atoms with Gasteiger partial charge in [0.15, 0.2) is 0 Å². The van der Waals surface area contributed by atoms with Gasteiger partial charge in [-0.1, -0.05) is 54.7 Å². The van der Waals surface area contributed by atoms with Crippen LogP contribution in [-0.4, -0.2) is 11.1 Å². The van der Waals surface area contributed by atoms with E-state index in [2.05, 4.69) is 24.8 Å². The summed E-state index contributed by atoms with van der Waals surface area (Å²) in [6.45, 7) is 3.58. The summed E-state index contributed by atoms with van der Waals surface area (Å²) in [5.41, 5.74) is 1.41. The molecule has 0 heterocycles. The van der Waals surface area contributed by atoms with Crippen LogP contribution in [0.25, 0.3) is 0 Å². The van der Waals surface area contributed by atoms with Crippen molar-refractivity contribution in [2.45, 2.75) is 22.6 Å². The van der Waals surface area contributed by atoms with Crippen LogP contribution in [0.1, 0.15) is 12.0 Å². The molecule has 2 rings (SSSR count). The van der Waals surface area contributed by atoms with E-state index in [0.717, 1.165) is 10.5 Å². The summed E-state index contributed by atoms with van der Waals surface area (Å²) in [6, 6.07) is 18.2. The summed E-state index contributed by atoms with van der Waals surface area (Å²) in [4.78, 5) is 13.1. The molecule has 3 heteroatoms. The number of hydrogen-bond donors (Lipinski definition) is 1. The fourth-order valence-corrected chi connectivity index (χ4v) is 2.81. The van der Waals surface area contributed by atoms with Crippen molar-refractivity contribution in [1.29, 1.82) is 0 Å². The van der Waals surface area contributed by atoms with Gasteiger partial charge in [-0.2, -0.15) is 0 Å². The summed E-state index contributed by atoms with van der Waals surface area (Å²) in [7, 11) is 0. The molecule has 2 aromatic carbocycles. The second-order valence-electron chi connectivity index (χ2n) is 4.43. The van der Waals surface area contributed by atoms with Crippen molar-refractivity contribution in [3.8, 4) is 0 Å². The Hall–Kier alpha value is -2.00. The zero-order valence-electron chi connectivity index (χ0n) is 11.1. The van der Waals surface area contributed by atoms with E-state index in [1.54, 1.807) is 11.8 Å². The van der Waals surface area contributed by atoms with Crippen LogP contribution in [0.15, 0.2) is 76.5 Å². The highest BCUT2D eigenvalue weighted by molar-refractivity contribution is 7.99.